The van der Waals surface area contributed by atoms with Crippen molar-refractivity contribution < 1.29 is 8.78 Å². The molecule has 0 saturated carbocycles. The summed E-state index contributed by atoms with van der Waals surface area (Å²) >= 11 is 0. The van der Waals surface area contributed by atoms with Gasteiger partial charge < -0.3 is 10.3 Å². The van der Waals surface area contributed by atoms with Crippen molar-refractivity contribution in [1.29, 1.82) is 0 Å². The van der Waals surface area contributed by atoms with Gasteiger partial charge in [-0.3, -0.25) is 0 Å². The number of aromatic amines is 1. The number of nitrogens with zero attached hydrogens (tertiary/aromatic N) is 1. The molecule has 0 aliphatic carbocycles. The molecule has 18 heavy (non-hydrogen) atoms. The van der Waals surface area contributed by atoms with Gasteiger partial charge >= 0.3 is 0 Å². The first-order valence-corrected chi connectivity index (χ1v) is 5.77. The van der Waals surface area contributed by atoms with Crippen LogP contribution >= 0.6 is 0 Å². The molecule has 0 saturated heterocycles. The number of benzene rings is 1. The molecule has 1 heterocycles. The monoisotopic (exact) mass is 251 g/mol. The van der Waals surface area contributed by atoms with Crippen molar-refractivity contribution in [2.45, 2.75) is 13.3 Å². The fourth-order valence-corrected chi connectivity index (χ4v) is 1.81. The smallest absolute Gasteiger partial charge is 0.159 e. The van der Waals surface area contributed by atoms with E-state index in [9.17, 15) is 8.78 Å². The molecular formula is C13H15F2N3. The first-order valence-electron chi connectivity index (χ1n) is 5.77. The number of imidazole rings is 1. The zero-order chi connectivity index (χ0) is 13.1. The summed E-state index contributed by atoms with van der Waals surface area (Å²) in [6, 6.07) is 3.82. The van der Waals surface area contributed by atoms with Crippen LogP contribution in [0.4, 0.5) is 8.78 Å². The Balaban J connectivity index is 2.32. The minimum Gasteiger partial charge on any atom is -0.346 e. The normalized spacial score (nSPS) is 10.9. The van der Waals surface area contributed by atoms with Gasteiger partial charge in [-0.2, -0.15) is 0 Å². The number of aromatic nitrogens is 2. The SMILES string of the molecule is CNCCc1nc(-c2ccc(F)c(F)c2)c(C)[nH]1. The van der Waals surface area contributed by atoms with Crippen molar-refractivity contribution in [2.24, 2.45) is 0 Å². The molecule has 0 radical (unpaired) electrons. The first-order chi connectivity index (χ1) is 8.61. The van der Waals surface area contributed by atoms with Crippen LogP contribution in [0, 0.1) is 18.6 Å². The van der Waals surface area contributed by atoms with Gasteiger partial charge in [-0.05, 0) is 32.2 Å². The number of hydrogen-bond donors (Lipinski definition) is 2. The van der Waals surface area contributed by atoms with Crippen molar-refractivity contribution >= 4 is 0 Å². The fourth-order valence-electron chi connectivity index (χ4n) is 1.81. The standard InChI is InChI=1S/C13H15F2N3/c1-8-13(18-12(17-8)5-6-16-2)9-3-4-10(14)11(15)7-9/h3-4,7,16H,5-6H2,1-2H3,(H,17,18). The van der Waals surface area contributed by atoms with E-state index in [4.69, 9.17) is 0 Å². The van der Waals surface area contributed by atoms with Crippen molar-refractivity contribution in [3.8, 4) is 11.3 Å². The van der Waals surface area contributed by atoms with Crippen molar-refractivity contribution in [3.05, 3.63) is 41.4 Å². The highest BCUT2D eigenvalue weighted by Gasteiger charge is 2.11. The van der Waals surface area contributed by atoms with Gasteiger partial charge in [0.1, 0.15) is 5.82 Å². The average molecular weight is 251 g/mol. The molecule has 0 amide bonds. The predicted octanol–water partition coefficient (Wildman–Crippen LogP) is 2.43. The molecule has 1 aromatic heterocycles. The summed E-state index contributed by atoms with van der Waals surface area (Å²) in [6.45, 7) is 2.68. The van der Waals surface area contributed by atoms with Crippen LogP contribution in [0.3, 0.4) is 0 Å². The summed E-state index contributed by atoms with van der Waals surface area (Å²) in [5, 5.41) is 3.03. The minimum atomic E-state index is -0.855. The van der Waals surface area contributed by atoms with Gasteiger partial charge in [0.15, 0.2) is 11.6 Å². The lowest BCUT2D eigenvalue weighted by Gasteiger charge is -1.99. The highest BCUT2D eigenvalue weighted by molar-refractivity contribution is 5.61. The lowest BCUT2D eigenvalue weighted by molar-refractivity contribution is 0.509. The van der Waals surface area contributed by atoms with Crippen LogP contribution in [-0.2, 0) is 6.42 Å². The van der Waals surface area contributed by atoms with Crippen molar-refractivity contribution in [1.82, 2.24) is 15.3 Å². The van der Waals surface area contributed by atoms with Gasteiger partial charge in [0, 0.05) is 24.2 Å². The highest BCUT2D eigenvalue weighted by atomic mass is 19.2. The van der Waals surface area contributed by atoms with E-state index in [2.05, 4.69) is 15.3 Å². The molecule has 2 rings (SSSR count). The van der Waals surface area contributed by atoms with Crippen molar-refractivity contribution in [2.75, 3.05) is 13.6 Å². The number of hydrogen-bond acceptors (Lipinski definition) is 2. The van der Waals surface area contributed by atoms with E-state index in [1.54, 1.807) is 0 Å². The fraction of sp³-hybridized carbons (Fsp3) is 0.308. The van der Waals surface area contributed by atoms with Crippen LogP contribution < -0.4 is 5.32 Å². The highest BCUT2D eigenvalue weighted by Crippen LogP contribution is 2.23. The molecule has 5 heteroatoms. The van der Waals surface area contributed by atoms with Gasteiger partial charge in [0.25, 0.3) is 0 Å². The molecule has 0 bridgehead atoms. The molecule has 2 aromatic rings. The molecule has 96 valence electrons. The second-order valence-electron chi connectivity index (χ2n) is 4.14. The topological polar surface area (TPSA) is 40.7 Å². The second kappa shape index (κ2) is 5.27. The summed E-state index contributed by atoms with van der Waals surface area (Å²) in [5.41, 5.74) is 2.10. The van der Waals surface area contributed by atoms with Crippen LogP contribution in [0.1, 0.15) is 11.5 Å². The minimum absolute atomic E-state index is 0.582. The number of likely N-dealkylation sites (N-methyl/N-ethyl adjacent to an activating group) is 1. The summed E-state index contributed by atoms with van der Waals surface area (Å²) in [4.78, 5) is 7.55. The summed E-state index contributed by atoms with van der Waals surface area (Å²) < 4.78 is 26.1. The molecule has 2 N–H and O–H groups in total. The van der Waals surface area contributed by atoms with Gasteiger partial charge in [-0.1, -0.05) is 0 Å². The molecule has 1 aromatic carbocycles. The Morgan fingerprint density at radius 2 is 2.06 bits per heavy atom. The second-order valence-corrected chi connectivity index (χ2v) is 4.14. The van der Waals surface area contributed by atoms with Gasteiger partial charge in [-0.15, -0.1) is 0 Å². The van der Waals surface area contributed by atoms with E-state index < -0.39 is 11.6 Å². The zero-order valence-corrected chi connectivity index (χ0v) is 10.3. The van der Waals surface area contributed by atoms with Crippen LogP contribution in [0.15, 0.2) is 18.2 Å². The van der Waals surface area contributed by atoms with Crippen LogP contribution in [0.25, 0.3) is 11.3 Å². The average Bonchev–Trinajstić information content (AvgIpc) is 2.71. The Kier molecular flexibility index (Phi) is 3.72. The predicted molar refractivity (Wildman–Crippen MR) is 66.3 cm³/mol. The van der Waals surface area contributed by atoms with Crippen LogP contribution in [-0.4, -0.2) is 23.6 Å². The first kappa shape index (κ1) is 12.7. The van der Waals surface area contributed by atoms with E-state index in [1.165, 1.54) is 12.1 Å². The molecular weight excluding hydrogens is 236 g/mol. The maximum atomic E-state index is 13.2. The zero-order valence-electron chi connectivity index (χ0n) is 10.3. The molecule has 0 aliphatic rings. The third-order valence-electron chi connectivity index (χ3n) is 2.74. The van der Waals surface area contributed by atoms with Crippen LogP contribution in [0.5, 0.6) is 0 Å². The van der Waals surface area contributed by atoms with Crippen molar-refractivity contribution in [3.63, 3.8) is 0 Å². The summed E-state index contributed by atoms with van der Waals surface area (Å²) in [6.07, 6.45) is 0.765. The molecule has 0 spiro atoms. The maximum Gasteiger partial charge on any atom is 0.159 e. The third kappa shape index (κ3) is 2.56. The molecule has 0 unspecified atom stereocenters. The summed E-state index contributed by atoms with van der Waals surface area (Å²) in [5.74, 6) is -0.865. The lowest BCUT2D eigenvalue weighted by atomic mass is 10.1. The van der Waals surface area contributed by atoms with E-state index in [1.807, 2.05) is 14.0 Å². The van der Waals surface area contributed by atoms with Gasteiger partial charge in [-0.25, -0.2) is 13.8 Å². The van der Waals surface area contributed by atoms with E-state index in [-0.39, 0.29) is 0 Å². The molecule has 3 nitrogen and oxygen atoms in total. The Labute approximate surface area is 104 Å². The van der Waals surface area contributed by atoms with E-state index >= 15 is 0 Å². The Morgan fingerprint density at radius 3 is 2.72 bits per heavy atom. The molecule has 0 aliphatic heterocycles. The summed E-state index contributed by atoms with van der Waals surface area (Å²) in [7, 11) is 1.87. The lowest BCUT2D eigenvalue weighted by Crippen LogP contribution is -2.11. The van der Waals surface area contributed by atoms with Gasteiger partial charge in [0.05, 0.1) is 5.69 Å². The molecule has 0 atom stereocenters. The quantitative estimate of drug-likeness (QED) is 0.876. The Morgan fingerprint density at radius 1 is 1.28 bits per heavy atom. The third-order valence-corrected chi connectivity index (χ3v) is 2.74. The van der Waals surface area contributed by atoms with E-state index in [0.29, 0.717) is 11.3 Å². The number of aryl methyl sites for hydroxylation is 1. The number of rotatable bonds is 4. The largest absolute Gasteiger partial charge is 0.346 e. The Bertz CT molecular complexity index is 549. The maximum absolute atomic E-state index is 13.2. The number of H-pyrrole nitrogens is 1. The van der Waals surface area contributed by atoms with Gasteiger partial charge in [0.2, 0.25) is 0 Å². The van der Waals surface area contributed by atoms with E-state index in [0.717, 1.165) is 30.6 Å². The Hall–Kier alpha value is -1.75. The number of nitrogens with one attached hydrogen (secondary N) is 2. The number of halogens is 2. The van der Waals surface area contributed by atoms with Crippen LogP contribution in [0.2, 0.25) is 0 Å². The molecule has 0 fully saturated rings.